The van der Waals surface area contributed by atoms with E-state index in [0.29, 0.717) is 16.8 Å². The van der Waals surface area contributed by atoms with Crippen LogP contribution in [0.5, 0.6) is 0 Å². The summed E-state index contributed by atoms with van der Waals surface area (Å²) in [6.45, 7) is 0.500. The minimum Gasteiger partial charge on any atom is -0.478 e. The van der Waals surface area contributed by atoms with Crippen molar-refractivity contribution in [1.29, 1.82) is 0 Å². The number of rotatable bonds is 7. The zero-order valence-corrected chi connectivity index (χ0v) is 14.4. The molecule has 2 aromatic carbocycles. The molecule has 0 saturated heterocycles. The van der Waals surface area contributed by atoms with Gasteiger partial charge in [-0.1, -0.05) is 0 Å². The SMILES string of the molecule is CNc1ccc(F)c(CN(C)Cc2cc(NC)c(C(=O)O)cc2F)c1. The minimum atomic E-state index is -1.20. The van der Waals surface area contributed by atoms with Gasteiger partial charge in [-0.3, -0.25) is 4.90 Å². The maximum atomic E-state index is 14.2. The van der Waals surface area contributed by atoms with Crippen molar-refractivity contribution in [2.24, 2.45) is 0 Å². The smallest absolute Gasteiger partial charge is 0.337 e. The molecule has 0 fully saturated rings. The molecule has 2 rings (SSSR count). The quantitative estimate of drug-likeness (QED) is 0.715. The highest BCUT2D eigenvalue weighted by Gasteiger charge is 2.16. The average Bonchev–Trinajstić information content (AvgIpc) is 2.58. The van der Waals surface area contributed by atoms with Crippen molar-refractivity contribution in [3.63, 3.8) is 0 Å². The second-order valence-corrected chi connectivity index (χ2v) is 5.77. The van der Waals surface area contributed by atoms with Crippen molar-refractivity contribution >= 4 is 17.3 Å². The van der Waals surface area contributed by atoms with Gasteiger partial charge in [0.1, 0.15) is 11.6 Å². The van der Waals surface area contributed by atoms with Crippen LogP contribution >= 0.6 is 0 Å². The van der Waals surface area contributed by atoms with E-state index in [4.69, 9.17) is 5.11 Å². The van der Waals surface area contributed by atoms with E-state index in [1.807, 2.05) is 0 Å². The first-order valence-corrected chi connectivity index (χ1v) is 7.74. The summed E-state index contributed by atoms with van der Waals surface area (Å²) < 4.78 is 28.2. The van der Waals surface area contributed by atoms with Gasteiger partial charge in [-0.05, 0) is 37.4 Å². The van der Waals surface area contributed by atoms with Gasteiger partial charge >= 0.3 is 5.97 Å². The number of carboxylic acids is 1. The molecule has 5 nitrogen and oxygen atoms in total. The van der Waals surface area contributed by atoms with Gasteiger partial charge in [0.25, 0.3) is 0 Å². The third-order valence-corrected chi connectivity index (χ3v) is 3.90. The van der Waals surface area contributed by atoms with Crippen molar-refractivity contribution in [3.05, 3.63) is 58.7 Å². The molecule has 0 amide bonds. The second-order valence-electron chi connectivity index (χ2n) is 5.77. The molecule has 0 heterocycles. The molecule has 0 spiro atoms. The molecule has 0 aliphatic rings. The Morgan fingerprint density at radius 1 is 1.04 bits per heavy atom. The van der Waals surface area contributed by atoms with E-state index in [2.05, 4.69) is 10.6 Å². The summed E-state index contributed by atoms with van der Waals surface area (Å²) in [7, 11) is 5.07. The second kappa shape index (κ2) is 7.94. The van der Waals surface area contributed by atoms with Crippen LogP contribution in [-0.2, 0) is 13.1 Å². The standard InChI is InChI=1S/C18H21F2N3O2/c1-21-13-4-5-15(19)11(6-13)9-23(3)10-12-7-17(22-2)14(18(24)25)8-16(12)20/h4-8,21-22H,9-10H2,1-3H3,(H,24,25). The number of anilines is 2. The lowest BCUT2D eigenvalue weighted by molar-refractivity contribution is 0.0697. The number of hydrogen-bond acceptors (Lipinski definition) is 4. The van der Waals surface area contributed by atoms with Gasteiger partial charge in [-0.25, -0.2) is 13.6 Å². The first-order chi connectivity index (χ1) is 11.8. The Kier molecular flexibility index (Phi) is 5.93. The predicted octanol–water partition coefficient (Wildman–Crippen LogP) is 3.38. The zero-order valence-electron chi connectivity index (χ0n) is 14.4. The van der Waals surface area contributed by atoms with Gasteiger partial charge in [0.2, 0.25) is 0 Å². The summed E-state index contributed by atoms with van der Waals surface area (Å²) >= 11 is 0. The minimum absolute atomic E-state index is 0.126. The highest BCUT2D eigenvalue weighted by atomic mass is 19.1. The lowest BCUT2D eigenvalue weighted by Gasteiger charge is -2.19. The number of carboxylic acid groups (broad SMARTS) is 1. The van der Waals surface area contributed by atoms with Crippen molar-refractivity contribution < 1.29 is 18.7 Å². The lowest BCUT2D eigenvalue weighted by atomic mass is 10.1. The summed E-state index contributed by atoms with van der Waals surface area (Å²) in [4.78, 5) is 12.9. The van der Waals surface area contributed by atoms with Crippen LogP contribution in [0.2, 0.25) is 0 Å². The number of nitrogens with zero attached hydrogens (tertiary/aromatic N) is 1. The molecule has 0 saturated carbocycles. The Hall–Kier alpha value is -2.67. The molecule has 0 aliphatic carbocycles. The molecule has 0 atom stereocenters. The Bertz CT molecular complexity index is 781. The fraction of sp³-hybridized carbons (Fsp3) is 0.278. The van der Waals surface area contributed by atoms with Gasteiger partial charge in [0.05, 0.1) is 5.56 Å². The maximum absolute atomic E-state index is 14.2. The van der Waals surface area contributed by atoms with E-state index >= 15 is 0 Å². The van der Waals surface area contributed by atoms with Crippen molar-refractivity contribution in [1.82, 2.24) is 4.90 Å². The molecule has 0 unspecified atom stereocenters. The topological polar surface area (TPSA) is 64.6 Å². The summed E-state index contributed by atoms with van der Waals surface area (Å²) in [6, 6.07) is 7.20. The Morgan fingerprint density at radius 2 is 1.68 bits per heavy atom. The molecule has 0 radical (unpaired) electrons. The molecule has 7 heteroatoms. The first-order valence-electron chi connectivity index (χ1n) is 7.74. The van der Waals surface area contributed by atoms with Crippen LogP contribution < -0.4 is 10.6 Å². The molecule has 0 aliphatic heterocycles. The lowest BCUT2D eigenvalue weighted by Crippen LogP contribution is -2.19. The number of nitrogens with one attached hydrogen (secondary N) is 2. The normalized spacial score (nSPS) is 10.8. The van der Waals surface area contributed by atoms with E-state index in [-0.39, 0.29) is 24.5 Å². The fourth-order valence-electron chi connectivity index (χ4n) is 2.61. The Morgan fingerprint density at radius 3 is 2.24 bits per heavy atom. The van der Waals surface area contributed by atoms with Crippen LogP contribution in [0.25, 0.3) is 0 Å². The number of aromatic carboxylic acids is 1. The van der Waals surface area contributed by atoms with Gasteiger partial charge in [-0.2, -0.15) is 0 Å². The first kappa shape index (κ1) is 18.7. The third kappa shape index (κ3) is 4.45. The average molecular weight is 349 g/mol. The summed E-state index contributed by atoms with van der Waals surface area (Å²) in [5, 5.41) is 14.8. The van der Waals surface area contributed by atoms with E-state index in [1.165, 1.54) is 12.1 Å². The molecule has 0 aromatic heterocycles. The molecule has 134 valence electrons. The molecule has 3 N–H and O–H groups in total. The fourth-order valence-corrected chi connectivity index (χ4v) is 2.61. The van der Waals surface area contributed by atoms with Crippen LogP contribution in [-0.4, -0.2) is 37.1 Å². The van der Waals surface area contributed by atoms with Crippen LogP contribution in [0.4, 0.5) is 20.2 Å². The molecule has 0 bridgehead atoms. The Labute approximate surface area is 145 Å². The van der Waals surface area contributed by atoms with E-state index in [1.54, 1.807) is 38.2 Å². The monoisotopic (exact) mass is 349 g/mol. The Balaban J connectivity index is 2.20. The third-order valence-electron chi connectivity index (χ3n) is 3.90. The van der Waals surface area contributed by atoms with Crippen LogP contribution in [0.3, 0.4) is 0 Å². The highest BCUT2D eigenvalue weighted by molar-refractivity contribution is 5.94. The van der Waals surface area contributed by atoms with Crippen molar-refractivity contribution in [2.75, 3.05) is 31.8 Å². The van der Waals surface area contributed by atoms with Crippen molar-refractivity contribution in [3.8, 4) is 0 Å². The van der Waals surface area contributed by atoms with Gasteiger partial charge in [0.15, 0.2) is 0 Å². The van der Waals surface area contributed by atoms with Gasteiger partial charge in [0, 0.05) is 49.7 Å². The van der Waals surface area contributed by atoms with Crippen LogP contribution in [0, 0.1) is 11.6 Å². The van der Waals surface area contributed by atoms with Crippen LogP contribution in [0.1, 0.15) is 21.5 Å². The van der Waals surface area contributed by atoms with Crippen LogP contribution in [0.15, 0.2) is 30.3 Å². The van der Waals surface area contributed by atoms with Gasteiger partial charge < -0.3 is 15.7 Å². The van der Waals surface area contributed by atoms with Crippen molar-refractivity contribution in [2.45, 2.75) is 13.1 Å². The summed E-state index contributed by atoms with van der Waals surface area (Å²) in [5.41, 5.74) is 1.83. The summed E-state index contributed by atoms with van der Waals surface area (Å²) in [5.74, 6) is -2.13. The molecular formula is C18H21F2N3O2. The zero-order chi connectivity index (χ0) is 18.6. The van der Waals surface area contributed by atoms with E-state index in [0.717, 1.165) is 11.8 Å². The number of hydrogen-bond donors (Lipinski definition) is 3. The maximum Gasteiger partial charge on any atom is 0.337 e. The molecule has 2 aromatic rings. The highest BCUT2D eigenvalue weighted by Crippen LogP contribution is 2.23. The van der Waals surface area contributed by atoms with Gasteiger partial charge in [-0.15, -0.1) is 0 Å². The van der Waals surface area contributed by atoms with E-state index < -0.39 is 11.8 Å². The predicted molar refractivity (Wildman–Crippen MR) is 94.0 cm³/mol. The number of carbonyl (C=O) groups is 1. The number of benzene rings is 2. The largest absolute Gasteiger partial charge is 0.478 e. The molecular weight excluding hydrogens is 328 g/mol. The number of halogens is 2. The molecule has 25 heavy (non-hydrogen) atoms. The van der Waals surface area contributed by atoms with E-state index in [9.17, 15) is 13.6 Å². The summed E-state index contributed by atoms with van der Waals surface area (Å²) in [6.07, 6.45) is 0.